The summed E-state index contributed by atoms with van der Waals surface area (Å²) < 4.78 is 2.62. The van der Waals surface area contributed by atoms with Crippen LogP contribution in [0.5, 0.6) is 0 Å². The number of nitrogens with one attached hydrogen (secondary N) is 1. The van der Waals surface area contributed by atoms with Crippen molar-refractivity contribution in [2.45, 2.75) is 58.5 Å². The first kappa shape index (κ1) is 15.7. The maximum absolute atomic E-state index is 12.3. The molecule has 0 saturated heterocycles. The summed E-state index contributed by atoms with van der Waals surface area (Å²) in [7, 11) is 1.50. The van der Waals surface area contributed by atoms with Crippen LogP contribution in [0.3, 0.4) is 0 Å². The molecule has 21 heavy (non-hydrogen) atoms. The van der Waals surface area contributed by atoms with Crippen molar-refractivity contribution in [2.24, 2.45) is 13.0 Å². The van der Waals surface area contributed by atoms with Gasteiger partial charge in [0.1, 0.15) is 11.5 Å². The smallest absolute Gasteiger partial charge is 0.332 e. The largest absolute Gasteiger partial charge is 0.383 e. The molecule has 1 fully saturated rings. The number of aromatic nitrogens is 2. The average molecular weight is 294 g/mol. The minimum absolute atomic E-state index is 0.260. The van der Waals surface area contributed by atoms with Gasteiger partial charge in [-0.15, -0.1) is 0 Å². The number of hydrogen-bond donors (Lipinski definition) is 2. The van der Waals surface area contributed by atoms with Crippen LogP contribution < -0.4 is 22.3 Å². The van der Waals surface area contributed by atoms with E-state index in [1.807, 2.05) is 6.92 Å². The molecular weight excluding hydrogens is 268 g/mol. The fraction of sp³-hybridized carbons (Fsp3) is 0.733. The maximum Gasteiger partial charge on any atom is 0.332 e. The first-order valence-electron chi connectivity index (χ1n) is 7.81. The van der Waals surface area contributed by atoms with Crippen LogP contribution in [-0.4, -0.2) is 15.2 Å². The first-order valence-corrected chi connectivity index (χ1v) is 7.81. The fourth-order valence-electron chi connectivity index (χ4n) is 3.13. The third kappa shape index (κ3) is 3.14. The zero-order valence-corrected chi connectivity index (χ0v) is 13.2. The van der Waals surface area contributed by atoms with Crippen LogP contribution in [0.15, 0.2) is 9.59 Å². The highest BCUT2D eigenvalue weighted by Crippen LogP contribution is 2.26. The van der Waals surface area contributed by atoms with Gasteiger partial charge in [-0.05, 0) is 25.2 Å². The second kappa shape index (κ2) is 6.37. The van der Waals surface area contributed by atoms with Gasteiger partial charge in [-0.1, -0.05) is 26.7 Å². The summed E-state index contributed by atoms with van der Waals surface area (Å²) in [4.78, 5) is 24.4. The van der Waals surface area contributed by atoms with Crippen molar-refractivity contribution in [2.75, 3.05) is 11.1 Å². The molecule has 3 N–H and O–H groups in total. The highest BCUT2D eigenvalue weighted by molar-refractivity contribution is 5.61. The van der Waals surface area contributed by atoms with E-state index in [1.54, 1.807) is 0 Å². The SMILES string of the molecule is CCCn1c(N)c(NC2CCCC(C)C2)c(=O)n(C)c1=O. The summed E-state index contributed by atoms with van der Waals surface area (Å²) in [6, 6.07) is 0.260. The summed E-state index contributed by atoms with van der Waals surface area (Å²) >= 11 is 0. The summed E-state index contributed by atoms with van der Waals surface area (Å²) in [6.45, 7) is 4.73. The molecule has 0 spiro atoms. The second-order valence-electron chi connectivity index (χ2n) is 6.17. The van der Waals surface area contributed by atoms with Gasteiger partial charge >= 0.3 is 5.69 Å². The zero-order valence-electron chi connectivity index (χ0n) is 13.2. The van der Waals surface area contributed by atoms with Crippen molar-refractivity contribution >= 4 is 11.5 Å². The van der Waals surface area contributed by atoms with E-state index in [0.717, 1.165) is 30.3 Å². The number of hydrogen-bond acceptors (Lipinski definition) is 4. The van der Waals surface area contributed by atoms with E-state index in [2.05, 4.69) is 12.2 Å². The normalized spacial score (nSPS) is 22.2. The summed E-state index contributed by atoms with van der Waals surface area (Å²) in [5, 5.41) is 3.30. The molecule has 1 aromatic rings. The van der Waals surface area contributed by atoms with Gasteiger partial charge in [0, 0.05) is 19.6 Å². The summed E-state index contributed by atoms with van der Waals surface area (Å²) in [5.74, 6) is 0.922. The molecule has 1 heterocycles. The second-order valence-corrected chi connectivity index (χ2v) is 6.17. The maximum atomic E-state index is 12.3. The third-order valence-electron chi connectivity index (χ3n) is 4.32. The fourth-order valence-corrected chi connectivity index (χ4v) is 3.13. The predicted molar refractivity (Wildman–Crippen MR) is 85.7 cm³/mol. The number of nitrogens with zero attached hydrogens (tertiary/aromatic N) is 2. The lowest BCUT2D eigenvalue weighted by atomic mass is 9.87. The number of nitrogens with two attached hydrogens (primary N) is 1. The van der Waals surface area contributed by atoms with Gasteiger partial charge in [0.05, 0.1) is 0 Å². The lowest BCUT2D eigenvalue weighted by molar-refractivity contribution is 0.358. The first-order chi connectivity index (χ1) is 9.95. The standard InChI is InChI=1S/C15H26N4O2/c1-4-8-19-13(16)12(14(20)18(3)15(19)21)17-11-7-5-6-10(2)9-11/h10-11,17H,4-9,16H2,1-3H3. The van der Waals surface area contributed by atoms with Gasteiger partial charge in [-0.25, -0.2) is 4.79 Å². The molecule has 2 atom stereocenters. The van der Waals surface area contributed by atoms with Crippen LogP contribution in [0.2, 0.25) is 0 Å². The molecule has 6 heteroatoms. The van der Waals surface area contributed by atoms with Crippen LogP contribution in [0.1, 0.15) is 46.0 Å². The molecule has 0 radical (unpaired) electrons. The Morgan fingerprint density at radius 1 is 1.33 bits per heavy atom. The molecule has 1 aliphatic rings. The van der Waals surface area contributed by atoms with Crippen molar-refractivity contribution in [3.8, 4) is 0 Å². The van der Waals surface area contributed by atoms with Gasteiger partial charge < -0.3 is 11.1 Å². The van der Waals surface area contributed by atoms with Crippen molar-refractivity contribution in [3.05, 3.63) is 20.8 Å². The topological polar surface area (TPSA) is 82.0 Å². The Hall–Kier alpha value is -1.72. The van der Waals surface area contributed by atoms with E-state index in [4.69, 9.17) is 5.73 Å². The van der Waals surface area contributed by atoms with Crippen molar-refractivity contribution in [3.63, 3.8) is 0 Å². The van der Waals surface area contributed by atoms with Gasteiger partial charge in [0.2, 0.25) is 0 Å². The highest BCUT2D eigenvalue weighted by Gasteiger charge is 2.22. The van der Waals surface area contributed by atoms with E-state index < -0.39 is 0 Å². The molecule has 2 rings (SSSR count). The van der Waals surface area contributed by atoms with E-state index in [1.165, 1.54) is 18.0 Å². The van der Waals surface area contributed by atoms with Crippen LogP contribution in [0.4, 0.5) is 11.5 Å². The Kier molecular flexibility index (Phi) is 4.75. The van der Waals surface area contributed by atoms with Crippen LogP contribution in [0, 0.1) is 5.92 Å². The van der Waals surface area contributed by atoms with E-state index >= 15 is 0 Å². The average Bonchev–Trinajstić information content (AvgIpc) is 2.46. The molecule has 0 aliphatic heterocycles. The molecule has 0 aromatic carbocycles. The molecule has 2 unspecified atom stereocenters. The molecule has 1 aliphatic carbocycles. The van der Waals surface area contributed by atoms with E-state index in [0.29, 0.717) is 18.2 Å². The minimum Gasteiger partial charge on any atom is -0.383 e. The van der Waals surface area contributed by atoms with Crippen LogP contribution >= 0.6 is 0 Å². The zero-order chi connectivity index (χ0) is 15.6. The predicted octanol–water partition coefficient (Wildman–Crippen LogP) is 1.53. The molecule has 0 amide bonds. The lowest BCUT2D eigenvalue weighted by Gasteiger charge is -2.28. The monoisotopic (exact) mass is 294 g/mol. The van der Waals surface area contributed by atoms with E-state index in [-0.39, 0.29) is 23.1 Å². The van der Waals surface area contributed by atoms with Gasteiger partial charge in [-0.2, -0.15) is 0 Å². The van der Waals surface area contributed by atoms with Crippen LogP contribution in [0.25, 0.3) is 0 Å². The Morgan fingerprint density at radius 3 is 2.67 bits per heavy atom. The quantitative estimate of drug-likeness (QED) is 0.882. The number of anilines is 2. The Morgan fingerprint density at radius 2 is 2.05 bits per heavy atom. The van der Waals surface area contributed by atoms with Gasteiger partial charge in [-0.3, -0.25) is 13.9 Å². The highest BCUT2D eigenvalue weighted by atomic mass is 16.2. The third-order valence-corrected chi connectivity index (χ3v) is 4.32. The Bertz CT molecular complexity index is 617. The molecule has 1 saturated carbocycles. The van der Waals surface area contributed by atoms with Gasteiger partial charge in [0.25, 0.3) is 5.56 Å². The molecule has 118 valence electrons. The number of rotatable bonds is 4. The molecular formula is C15H26N4O2. The van der Waals surface area contributed by atoms with E-state index in [9.17, 15) is 9.59 Å². The molecule has 6 nitrogen and oxygen atoms in total. The van der Waals surface area contributed by atoms with Crippen molar-refractivity contribution in [1.82, 2.24) is 9.13 Å². The Labute approximate surface area is 125 Å². The van der Waals surface area contributed by atoms with Gasteiger partial charge in [0.15, 0.2) is 0 Å². The number of nitrogen functional groups attached to an aromatic ring is 1. The minimum atomic E-state index is -0.345. The van der Waals surface area contributed by atoms with Crippen LogP contribution in [-0.2, 0) is 13.6 Å². The molecule has 0 bridgehead atoms. The van der Waals surface area contributed by atoms with Crippen molar-refractivity contribution < 1.29 is 0 Å². The van der Waals surface area contributed by atoms with Crippen molar-refractivity contribution in [1.29, 1.82) is 0 Å². The summed E-state index contributed by atoms with van der Waals surface area (Å²) in [5.41, 5.74) is 5.78. The summed E-state index contributed by atoms with van der Waals surface area (Å²) in [6.07, 6.45) is 5.27. The molecule has 1 aromatic heterocycles. The lowest BCUT2D eigenvalue weighted by Crippen LogP contribution is -2.42. The Balaban J connectivity index is 2.38.